The summed E-state index contributed by atoms with van der Waals surface area (Å²) in [6.07, 6.45) is 3.19. The average molecular weight is 261 g/mol. The standard InChI is InChI=1S/C13H15N3O3/c1-19-12-4-2-3-10(12)16-11-7-8(13(17)18)5-6-9(11)14-15-16/h5-7,10,12H,2-4H2,1H3,(H,17,18). The minimum atomic E-state index is -0.940. The van der Waals surface area contributed by atoms with Crippen LogP contribution < -0.4 is 0 Å². The number of hydrogen-bond acceptors (Lipinski definition) is 4. The lowest BCUT2D eigenvalue weighted by molar-refractivity contribution is 0.0696. The van der Waals surface area contributed by atoms with Gasteiger partial charge >= 0.3 is 5.97 Å². The van der Waals surface area contributed by atoms with Crippen molar-refractivity contribution in [1.29, 1.82) is 0 Å². The molecular weight excluding hydrogens is 246 g/mol. The first kappa shape index (κ1) is 12.1. The van der Waals surface area contributed by atoms with E-state index < -0.39 is 5.97 Å². The fourth-order valence-corrected chi connectivity index (χ4v) is 2.78. The molecule has 1 heterocycles. The summed E-state index contributed by atoms with van der Waals surface area (Å²) in [6.45, 7) is 0. The van der Waals surface area contributed by atoms with Gasteiger partial charge in [0.25, 0.3) is 0 Å². The SMILES string of the molecule is COC1CCCC1n1nnc2ccc(C(=O)O)cc21. The van der Waals surface area contributed by atoms with Crippen molar-refractivity contribution in [2.75, 3.05) is 7.11 Å². The Kier molecular flexibility index (Phi) is 2.94. The van der Waals surface area contributed by atoms with Crippen LogP contribution in [-0.2, 0) is 4.74 Å². The maximum atomic E-state index is 11.0. The van der Waals surface area contributed by atoms with Crippen molar-refractivity contribution in [3.8, 4) is 0 Å². The molecule has 6 nitrogen and oxygen atoms in total. The first-order valence-electron chi connectivity index (χ1n) is 6.31. The molecule has 2 aromatic rings. The third kappa shape index (κ3) is 1.98. The van der Waals surface area contributed by atoms with Crippen LogP contribution in [0.3, 0.4) is 0 Å². The minimum Gasteiger partial charge on any atom is -0.478 e. The summed E-state index contributed by atoms with van der Waals surface area (Å²) >= 11 is 0. The van der Waals surface area contributed by atoms with Crippen molar-refractivity contribution in [3.05, 3.63) is 23.8 Å². The number of rotatable bonds is 3. The van der Waals surface area contributed by atoms with Crippen LogP contribution in [0.4, 0.5) is 0 Å². The molecule has 1 aromatic carbocycles. The molecular formula is C13H15N3O3. The van der Waals surface area contributed by atoms with Gasteiger partial charge in [-0.05, 0) is 37.5 Å². The van der Waals surface area contributed by atoms with Gasteiger partial charge < -0.3 is 9.84 Å². The van der Waals surface area contributed by atoms with Crippen molar-refractivity contribution < 1.29 is 14.6 Å². The van der Waals surface area contributed by atoms with Crippen molar-refractivity contribution in [2.45, 2.75) is 31.4 Å². The Labute approximate surface area is 110 Å². The monoisotopic (exact) mass is 261 g/mol. The lowest BCUT2D eigenvalue weighted by Crippen LogP contribution is -2.21. The molecule has 2 atom stereocenters. The highest BCUT2D eigenvalue weighted by Gasteiger charge is 2.30. The third-order valence-electron chi connectivity index (χ3n) is 3.75. The van der Waals surface area contributed by atoms with Gasteiger partial charge in [-0.3, -0.25) is 0 Å². The zero-order valence-corrected chi connectivity index (χ0v) is 10.6. The number of fused-ring (bicyclic) bond motifs is 1. The molecule has 19 heavy (non-hydrogen) atoms. The molecule has 1 aliphatic rings. The van der Waals surface area contributed by atoms with Crippen LogP contribution >= 0.6 is 0 Å². The number of hydrogen-bond donors (Lipinski definition) is 1. The van der Waals surface area contributed by atoms with Crippen molar-refractivity contribution in [3.63, 3.8) is 0 Å². The Morgan fingerprint density at radius 1 is 1.47 bits per heavy atom. The van der Waals surface area contributed by atoms with Gasteiger partial charge in [-0.1, -0.05) is 5.21 Å². The fraction of sp³-hybridized carbons (Fsp3) is 0.462. The average Bonchev–Trinajstić information content (AvgIpc) is 3.03. The van der Waals surface area contributed by atoms with E-state index in [1.165, 1.54) is 0 Å². The van der Waals surface area contributed by atoms with Gasteiger partial charge in [-0.2, -0.15) is 0 Å². The predicted octanol–water partition coefficient (Wildman–Crippen LogP) is 1.87. The van der Waals surface area contributed by atoms with E-state index in [9.17, 15) is 4.79 Å². The largest absolute Gasteiger partial charge is 0.478 e. The zero-order chi connectivity index (χ0) is 13.4. The summed E-state index contributed by atoms with van der Waals surface area (Å²) < 4.78 is 7.28. The normalized spacial score (nSPS) is 23.0. The van der Waals surface area contributed by atoms with Crippen molar-refractivity contribution >= 4 is 17.0 Å². The molecule has 1 aromatic heterocycles. The molecule has 1 N–H and O–H groups in total. The van der Waals surface area contributed by atoms with Gasteiger partial charge in [-0.25, -0.2) is 9.48 Å². The molecule has 1 aliphatic carbocycles. The second-order valence-electron chi connectivity index (χ2n) is 4.82. The number of carboxylic acid groups (broad SMARTS) is 1. The van der Waals surface area contributed by atoms with E-state index in [4.69, 9.17) is 9.84 Å². The molecule has 3 rings (SSSR count). The smallest absolute Gasteiger partial charge is 0.335 e. The van der Waals surface area contributed by atoms with E-state index in [1.807, 2.05) is 4.68 Å². The van der Waals surface area contributed by atoms with E-state index >= 15 is 0 Å². The molecule has 0 aliphatic heterocycles. The molecule has 1 saturated carbocycles. The number of aromatic carboxylic acids is 1. The summed E-state index contributed by atoms with van der Waals surface area (Å²) in [7, 11) is 1.70. The number of carbonyl (C=O) groups is 1. The molecule has 6 heteroatoms. The van der Waals surface area contributed by atoms with E-state index in [1.54, 1.807) is 25.3 Å². The second-order valence-corrected chi connectivity index (χ2v) is 4.82. The summed E-state index contributed by atoms with van der Waals surface area (Å²) in [5, 5.41) is 17.3. The van der Waals surface area contributed by atoms with Crippen LogP contribution in [0.5, 0.6) is 0 Å². The highest BCUT2D eigenvalue weighted by Crippen LogP contribution is 2.33. The van der Waals surface area contributed by atoms with Crippen LogP contribution in [0.1, 0.15) is 35.7 Å². The second kappa shape index (κ2) is 4.62. The van der Waals surface area contributed by atoms with E-state index in [-0.39, 0.29) is 17.7 Å². The number of methoxy groups -OCH3 is 1. The van der Waals surface area contributed by atoms with Crippen LogP contribution in [0.15, 0.2) is 18.2 Å². The van der Waals surface area contributed by atoms with Gasteiger partial charge in [0.2, 0.25) is 0 Å². The predicted molar refractivity (Wildman–Crippen MR) is 68.2 cm³/mol. The van der Waals surface area contributed by atoms with Gasteiger partial charge in [0.05, 0.1) is 23.2 Å². The molecule has 100 valence electrons. The van der Waals surface area contributed by atoms with Crippen molar-refractivity contribution in [1.82, 2.24) is 15.0 Å². The Morgan fingerprint density at radius 3 is 3.05 bits per heavy atom. The zero-order valence-electron chi connectivity index (χ0n) is 10.6. The van der Waals surface area contributed by atoms with Gasteiger partial charge in [-0.15, -0.1) is 5.10 Å². The maximum Gasteiger partial charge on any atom is 0.335 e. The fourth-order valence-electron chi connectivity index (χ4n) is 2.78. The van der Waals surface area contributed by atoms with E-state index in [0.29, 0.717) is 5.52 Å². The van der Waals surface area contributed by atoms with Gasteiger partial charge in [0.15, 0.2) is 0 Å². The molecule has 1 fully saturated rings. The first-order valence-corrected chi connectivity index (χ1v) is 6.31. The number of nitrogens with zero attached hydrogens (tertiary/aromatic N) is 3. The van der Waals surface area contributed by atoms with Crippen LogP contribution in [-0.4, -0.2) is 39.3 Å². The Morgan fingerprint density at radius 2 is 2.32 bits per heavy atom. The summed E-state index contributed by atoms with van der Waals surface area (Å²) in [5.74, 6) is -0.940. The summed E-state index contributed by atoms with van der Waals surface area (Å²) in [6, 6.07) is 5.01. The first-order chi connectivity index (χ1) is 9.20. The number of carboxylic acids is 1. The Hall–Kier alpha value is -1.95. The number of aromatic nitrogens is 3. The number of ether oxygens (including phenoxy) is 1. The summed E-state index contributed by atoms with van der Waals surface area (Å²) in [4.78, 5) is 11.0. The van der Waals surface area contributed by atoms with Gasteiger partial charge in [0.1, 0.15) is 5.52 Å². The molecule has 0 saturated heterocycles. The summed E-state index contributed by atoms with van der Waals surface area (Å²) in [5.41, 5.74) is 1.73. The Balaban J connectivity index is 2.08. The molecule has 0 amide bonds. The number of benzene rings is 1. The van der Waals surface area contributed by atoms with Crippen LogP contribution in [0.25, 0.3) is 11.0 Å². The lowest BCUT2D eigenvalue weighted by atomic mass is 10.1. The van der Waals surface area contributed by atoms with Crippen molar-refractivity contribution in [2.24, 2.45) is 0 Å². The molecule has 0 spiro atoms. The van der Waals surface area contributed by atoms with Crippen LogP contribution in [0.2, 0.25) is 0 Å². The van der Waals surface area contributed by atoms with Crippen LogP contribution in [0, 0.1) is 0 Å². The van der Waals surface area contributed by atoms with Gasteiger partial charge in [0, 0.05) is 7.11 Å². The third-order valence-corrected chi connectivity index (χ3v) is 3.75. The molecule has 2 unspecified atom stereocenters. The lowest BCUT2D eigenvalue weighted by Gasteiger charge is -2.18. The van der Waals surface area contributed by atoms with E-state index in [0.717, 1.165) is 24.8 Å². The minimum absolute atomic E-state index is 0.124. The molecule has 0 radical (unpaired) electrons. The van der Waals surface area contributed by atoms with E-state index in [2.05, 4.69) is 10.3 Å². The Bertz CT molecular complexity index is 623. The quantitative estimate of drug-likeness (QED) is 0.912. The highest BCUT2D eigenvalue weighted by atomic mass is 16.5. The highest BCUT2D eigenvalue weighted by molar-refractivity contribution is 5.92. The maximum absolute atomic E-state index is 11.0. The molecule has 0 bridgehead atoms. The topological polar surface area (TPSA) is 77.2 Å².